The lowest BCUT2D eigenvalue weighted by molar-refractivity contribution is 0.310. The zero-order valence-electron chi connectivity index (χ0n) is 19.8. The van der Waals surface area contributed by atoms with E-state index in [1.54, 1.807) is 13.3 Å². The summed E-state index contributed by atoms with van der Waals surface area (Å²) < 4.78 is 7.86. The van der Waals surface area contributed by atoms with E-state index in [1.165, 1.54) is 0 Å². The van der Waals surface area contributed by atoms with Crippen LogP contribution in [0.3, 0.4) is 0 Å². The van der Waals surface area contributed by atoms with Gasteiger partial charge in [-0.25, -0.2) is 0 Å². The van der Waals surface area contributed by atoms with Crippen molar-refractivity contribution in [3.63, 3.8) is 0 Å². The van der Waals surface area contributed by atoms with Crippen LogP contribution in [0.4, 0.5) is 0 Å². The zero-order valence-corrected chi connectivity index (χ0v) is 21.3. The van der Waals surface area contributed by atoms with Crippen molar-refractivity contribution < 1.29 is 4.74 Å². The maximum absolute atomic E-state index is 6.38. The number of aryl methyl sites for hydroxylation is 1. The average Bonchev–Trinajstić information content (AvgIpc) is 3.35. The molecule has 1 N–H and O–H groups in total. The molecule has 0 bridgehead atoms. The smallest absolute Gasteiger partial charge is 0.170 e. The maximum atomic E-state index is 6.38. The molecule has 1 aromatic carbocycles. The third-order valence-electron chi connectivity index (χ3n) is 6.44. The van der Waals surface area contributed by atoms with Crippen LogP contribution in [0.5, 0.6) is 5.75 Å². The minimum atomic E-state index is -0.101. The van der Waals surface area contributed by atoms with Crippen LogP contribution in [0, 0.1) is 13.8 Å². The molecule has 2 atom stereocenters. The van der Waals surface area contributed by atoms with Crippen LogP contribution in [0.1, 0.15) is 40.3 Å². The lowest BCUT2D eigenvalue weighted by atomic mass is 9.96. The Morgan fingerprint density at radius 2 is 1.94 bits per heavy atom. The van der Waals surface area contributed by atoms with Crippen molar-refractivity contribution in [2.75, 3.05) is 7.11 Å². The second-order valence-corrected chi connectivity index (χ2v) is 9.42. The minimum Gasteiger partial charge on any atom is -0.495 e. The number of hydrogen-bond acceptors (Lipinski definition) is 4. The van der Waals surface area contributed by atoms with Crippen molar-refractivity contribution in [3.8, 4) is 11.4 Å². The molecule has 0 radical (unpaired) electrons. The number of halogens is 1. The van der Waals surface area contributed by atoms with Crippen LogP contribution in [0.15, 0.2) is 73.2 Å². The molecule has 35 heavy (non-hydrogen) atoms. The summed E-state index contributed by atoms with van der Waals surface area (Å²) in [5, 5.41) is 4.89. The molecule has 4 aromatic rings. The van der Waals surface area contributed by atoms with Gasteiger partial charge in [0, 0.05) is 41.5 Å². The number of ether oxygens (including phenoxy) is 1. The first kappa shape index (κ1) is 23.3. The fourth-order valence-corrected chi connectivity index (χ4v) is 5.37. The van der Waals surface area contributed by atoms with Gasteiger partial charge in [-0.3, -0.25) is 9.97 Å². The van der Waals surface area contributed by atoms with Crippen molar-refractivity contribution in [2.45, 2.75) is 32.5 Å². The Balaban J connectivity index is 1.65. The van der Waals surface area contributed by atoms with Gasteiger partial charge in [0.05, 0.1) is 30.6 Å². The lowest BCUT2D eigenvalue weighted by Crippen LogP contribution is -2.29. The zero-order chi connectivity index (χ0) is 24.5. The van der Waals surface area contributed by atoms with Crippen molar-refractivity contribution in [2.24, 2.45) is 0 Å². The number of thiocarbonyl (C=S) groups is 1. The summed E-state index contributed by atoms with van der Waals surface area (Å²) in [6, 6.07) is 17.7. The minimum absolute atomic E-state index is 0.0669. The van der Waals surface area contributed by atoms with Gasteiger partial charge < -0.3 is 19.5 Å². The summed E-state index contributed by atoms with van der Waals surface area (Å²) >= 11 is 12.2. The number of aromatic nitrogens is 3. The van der Waals surface area contributed by atoms with E-state index >= 15 is 0 Å². The van der Waals surface area contributed by atoms with Crippen LogP contribution in [0.25, 0.3) is 5.69 Å². The molecule has 1 aliphatic heterocycles. The van der Waals surface area contributed by atoms with E-state index in [-0.39, 0.29) is 12.1 Å². The second-order valence-electron chi connectivity index (χ2n) is 8.59. The number of nitrogens with one attached hydrogen (secondary N) is 1. The quantitative estimate of drug-likeness (QED) is 0.340. The third-order valence-corrected chi connectivity index (χ3v) is 7.03. The molecule has 1 fully saturated rings. The molecule has 0 unspecified atom stereocenters. The van der Waals surface area contributed by atoms with Gasteiger partial charge in [0.25, 0.3) is 0 Å². The first-order valence-electron chi connectivity index (χ1n) is 11.4. The monoisotopic (exact) mass is 503 g/mol. The highest BCUT2D eigenvalue weighted by Crippen LogP contribution is 2.43. The molecule has 6 nitrogen and oxygen atoms in total. The Kier molecular flexibility index (Phi) is 6.45. The molecular weight excluding hydrogens is 478 g/mol. The maximum Gasteiger partial charge on any atom is 0.170 e. The molecule has 0 spiro atoms. The van der Waals surface area contributed by atoms with Crippen LogP contribution < -0.4 is 10.1 Å². The number of rotatable bonds is 6. The Morgan fingerprint density at radius 1 is 1.09 bits per heavy atom. The summed E-state index contributed by atoms with van der Waals surface area (Å²) in [4.78, 5) is 11.2. The molecule has 1 saturated heterocycles. The van der Waals surface area contributed by atoms with E-state index < -0.39 is 0 Å². The molecule has 3 aromatic heterocycles. The fraction of sp³-hybridized carbons (Fsp3) is 0.222. The molecule has 1 aliphatic rings. The van der Waals surface area contributed by atoms with Gasteiger partial charge in [-0.2, -0.15) is 0 Å². The van der Waals surface area contributed by atoms with Gasteiger partial charge >= 0.3 is 0 Å². The van der Waals surface area contributed by atoms with Crippen molar-refractivity contribution in [1.82, 2.24) is 24.8 Å². The standard InChI is InChI=1S/C27H26ClN5OS/c1-17-13-21(18(2)33(17)23-14-20(28)9-10-24(23)34-3)26-25(22-8-4-5-12-30-22)31-27(35)32(26)16-19-7-6-11-29-15-19/h4-15,25-26H,16H2,1-3H3,(H,31,35)/t25-,26+/m1/s1. The first-order chi connectivity index (χ1) is 17.0. The summed E-state index contributed by atoms with van der Waals surface area (Å²) in [7, 11) is 1.67. The van der Waals surface area contributed by atoms with Crippen molar-refractivity contribution in [1.29, 1.82) is 0 Å². The average molecular weight is 504 g/mol. The molecule has 0 amide bonds. The van der Waals surface area contributed by atoms with E-state index in [0.717, 1.165) is 39.6 Å². The molecule has 0 saturated carbocycles. The number of hydrogen-bond donors (Lipinski definition) is 1. The summed E-state index contributed by atoms with van der Waals surface area (Å²) in [6.45, 7) is 4.86. The van der Waals surface area contributed by atoms with Crippen molar-refractivity contribution in [3.05, 3.63) is 106 Å². The first-order valence-corrected chi connectivity index (χ1v) is 12.2. The van der Waals surface area contributed by atoms with Crippen LogP contribution in [-0.4, -0.2) is 31.7 Å². The van der Waals surface area contributed by atoms with E-state index in [0.29, 0.717) is 16.7 Å². The highest BCUT2D eigenvalue weighted by atomic mass is 35.5. The van der Waals surface area contributed by atoms with Crippen LogP contribution >= 0.6 is 23.8 Å². The van der Waals surface area contributed by atoms with E-state index in [9.17, 15) is 0 Å². The highest BCUT2D eigenvalue weighted by molar-refractivity contribution is 7.80. The van der Waals surface area contributed by atoms with Gasteiger partial charge in [-0.1, -0.05) is 23.7 Å². The topological polar surface area (TPSA) is 55.2 Å². The molecule has 8 heteroatoms. The largest absolute Gasteiger partial charge is 0.495 e. The van der Waals surface area contributed by atoms with Crippen LogP contribution in [0.2, 0.25) is 5.02 Å². The third kappa shape index (κ3) is 4.37. The van der Waals surface area contributed by atoms with E-state index in [2.05, 4.69) is 50.7 Å². The van der Waals surface area contributed by atoms with E-state index in [4.69, 9.17) is 28.6 Å². The number of pyridine rings is 2. The summed E-state index contributed by atoms with van der Waals surface area (Å²) in [5.41, 5.74) is 6.28. The molecule has 0 aliphatic carbocycles. The van der Waals surface area contributed by atoms with Gasteiger partial charge in [0.2, 0.25) is 0 Å². The normalized spacial score (nSPS) is 17.5. The predicted octanol–water partition coefficient (Wildman–Crippen LogP) is 5.72. The number of benzene rings is 1. The van der Waals surface area contributed by atoms with Gasteiger partial charge in [-0.05, 0) is 79.7 Å². The lowest BCUT2D eigenvalue weighted by Gasteiger charge is -2.28. The fourth-order valence-electron chi connectivity index (χ4n) is 4.90. The molecule has 178 valence electrons. The van der Waals surface area contributed by atoms with Gasteiger partial charge in [-0.15, -0.1) is 0 Å². The SMILES string of the molecule is COc1ccc(Cl)cc1-n1c(C)cc([C@H]2[C@@H](c3ccccn3)NC(=S)N2Cc2cccnc2)c1C. The number of nitrogens with zero attached hydrogens (tertiary/aromatic N) is 4. The molecule has 4 heterocycles. The Bertz CT molecular complexity index is 1360. The Morgan fingerprint density at radius 3 is 2.66 bits per heavy atom. The van der Waals surface area contributed by atoms with Gasteiger partial charge in [0.15, 0.2) is 5.11 Å². The Labute approximate surface area is 215 Å². The Hall–Kier alpha value is -3.42. The predicted molar refractivity (Wildman–Crippen MR) is 142 cm³/mol. The molecule has 5 rings (SSSR count). The number of methoxy groups -OCH3 is 1. The van der Waals surface area contributed by atoms with E-state index in [1.807, 2.05) is 54.9 Å². The van der Waals surface area contributed by atoms with Crippen molar-refractivity contribution >= 4 is 28.9 Å². The second kappa shape index (κ2) is 9.68. The summed E-state index contributed by atoms with van der Waals surface area (Å²) in [6.07, 6.45) is 5.49. The van der Waals surface area contributed by atoms with Gasteiger partial charge in [0.1, 0.15) is 5.75 Å². The molecular formula is C27H26ClN5OS. The van der Waals surface area contributed by atoms with Crippen LogP contribution in [-0.2, 0) is 6.54 Å². The summed E-state index contributed by atoms with van der Waals surface area (Å²) in [5.74, 6) is 0.760. The highest BCUT2D eigenvalue weighted by Gasteiger charge is 2.41.